The zero-order valence-corrected chi connectivity index (χ0v) is 15.6. The van der Waals surface area contributed by atoms with Crippen LogP contribution in [0, 0.1) is 5.41 Å². The number of rotatable bonds is 4. The van der Waals surface area contributed by atoms with E-state index in [4.69, 9.17) is 16.0 Å². The van der Waals surface area contributed by atoms with Crippen molar-refractivity contribution in [3.8, 4) is 11.5 Å². The quantitative estimate of drug-likeness (QED) is 0.727. The summed E-state index contributed by atoms with van der Waals surface area (Å²) in [6, 6.07) is 16.2. The van der Waals surface area contributed by atoms with Gasteiger partial charge in [0.1, 0.15) is 6.04 Å². The fourth-order valence-electron chi connectivity index (χ4n) is 2.34. The number of hydrogen-bond acceptors (Lipinski definition) is 4. The highest BCUT2D eigenvalue weighted by molar-refractivity contribution is 6.30. The number of amides is 1. The fourth-order valence-corrected chi connectivity index (χ4v) is 2.47. The lowest BCUT2D eigenvalue weighted by Gasteiger charge is -2.22. The molecule has 5 nitrogen and oxygen atoms in total. The summed E-state index contributed by atoms with van der Waals surface area (Å²) < 4.78 is 5.86. The first kappa shape index (κ1) is 18.1. The van der Waals surface area contributed by atoms with Crippen molar-refractivity contribution in [2.24, 2.45) is 5.41 Å². The Morgan fingerprint density at radius 1 is 1.04 bits per heavy atom. The van der Waals surface area contributed by atoms with Crippen LogP contribution in [-0.2, 0) is 4.79 Å². The Bertz CT molecular complexity index is 883. The Morgan fingerprint density at radius 2 is 1.69 bits per heavy atom. The maximum Gasteiger partial charge on any atom is 0.247 e. The van der Waals surface area contributed by atoms with Crippen molar-refractivity contribution in [2.45, 2.75) is 26.8 Å². The van der Waals surface area contributed by atoms with Crippen LogP contribution in [0.1, 0.15) is 38.3 Å². The maximum absolute atomic E-state index is 12.5. The predicted octanol–water partition coefficient (Wildman–Crippen LogP) is 4.64. The second kappa shape index (κ2) is 7.30. The maximum atomic E-state index is 12.5. The van der Waals surface area contributed by atoms with Gasteiger partial charge in [0.2, 0.25) is 17.7 Å². The SMILES string of the molecule is CC(C)(C)C(=O)N[C@H](c1ccccc1)c1nnc(-c2ccc(Cl)cc2)o1. The number of nitrogens with one attached hydrogen (secondary N) is 1. The molecule has 0 fully saturated rings. The van der Waals surface area contributed by atoms with E-state index in [1.807, 2.05) is 63.2 Å². The van der Waals surface area contributed by atoms with Crippen LogP contribution in [0.2, 0.25) is 5.02 Å². The molecule has 1 heterocycles. The summed E-state index contributed by atoms with van der Waals surface area (Å²) in [7, 11) is 0. The molecule has 1 atom stereocenters. The third-order valence-electron chi connectivity index (χ3n) is 3.87. The summed E-state index contributed by atoms with van der Waals surface area (Å²) in [4.78, 5) is 12.5. The highest BCUT2D eigenvalue weighted by Crippen LogP contribution is 2.27. The number of carbonyl (C=O) groups excluding carboxylic acids is 1. The van der Waals surface area contributed by atoms with E-state index in [9.17, 15) is 4.79 Å². The molecule has 0 spiro atoms. The summed E-state index contributed by atoms with van der Waals surface area (Å²) in [5.74, 6) is 0.610. The molecule has 0 aliphatic heterocycles. The van der Waals surface area contributed by atoms with Crippen molar-refractivity contribution in [3.63, 3.8) is 0 Å². The van der Waals surface area contributed by atoms with Crippen molar-refractivity contribution >= 4 is 17.5 Å². The molecule has 1 aromatic heterocycles. The molecule has 0 bridgehead atoms. The van der Waals surface area contributed by atoms with Gasteiger partial charge in [-0.15, -0.1) is 10.2 Å². The highest BCUT2D eigenvalue weighted by Gasteiger charge is 2.28. The Kier molecular flexibility index (Phi) is 5.09. The summed E-state index contributed by atoms with van der Waals surface area (Å²) >= 11 is 5.92. The van der Waals surface area contributed by atoms with Crippen LogP contribution in [0.25, 0.3) is 11.5 Å². The van der Waals surface area contributed by atoms with Gasteiger partial charge in [0.05, 0.1) is 0 Å². The van der Waals surface area contributed by atoms with Crippen LogP contribution >= 0.6 is 11.6 Å². The summed E-state index contributed by atoms with van der Waals surface area (Å²) in [6.07, 6.45) is 0. The molecule has 0 saturated heterocycles. The van der Waals surface area contributed by atoms with Gasteiger partial charge in [0.15, 0.2) is 0 Å². The molecule has 3 aromatic rings. The third-order valence-corrected chi connectivity index (χ3v) is 4.12. The minimum Gasteiger partial charge on any atom is -0.418 e. The molecule has 0 saturated carbocycles. The topological polar surface area (TPSA) is 68.0 Å². The van der Waals surface area contributed by atoms with Crippen LogP contribution in [-0.4, -0.2) is 16.1 Å². The molecule has 26 heavy (non-hydrogen) atoms. The van der Waals surface area contributed by atoms with Crippen LogP contribution < -0.4 is 5.32 Å². The van der Waals surface area contributed by atoms with Gasteiger partial charge in [0.25, 0.3) is 0 Å². The van der Waals surface area contributed by atoms with Gasteiger partial charge in [-0.3, -0.25) is 4.79 Å². The van der Waals surface area contributed by atoms with Crippen molar-refractivity contribution in [2.75, 3.05) is 0 Å². The van der Waals surface area contributed by atoms with Crippen LogP contribution in [0.4, 0.5) is 0 Å². The Hall–Kier alpha value is -2.66. The number of hydrogen-bond donors (Lipinski definition) is 1. The standard InChI is InChI=1S/C20H20ClN3O2/c1-20(2,3)19(25)22-16(13-7-5-4-6-8-13)18-24-23-17(26-18)14-9-11-15(21)12-10-14/h4-12,16H,1-3H3,(H,22,25)/t16-/m1/s1. The molecule has 3 rings (SSSR count). The van der Waals surface area contributed by atoms with Crippen molar-refractivity contribution in [3.05, 3.63) is 71.1 Å². The van der Waals surface area contributed by atoms with E-state index in [0.717, 1.165) is 11.1 Å². The minimum atomic E-state index is -0.536. The average molecular weight is 370 g/mol. The fraction of sp³-hybridized carbons (Fsp3) is 0.250. The number of benzene rings is 2. The number of nitrogens with zero attached hydrogens (tertiary/aromatic N) is 2. The Morgan fingerprint density at radius 3 is 2.31 bits per heavy atom. The van der Waals surface area contributed by atoms with Gasteiger partial charge < -0.3 is 9.73 Å². The van der Waals surface area contributed by atoms with Gasteiger partial charge in [-0.25, -0.2) is 0 Å². The second-order valence-electron chi connectivity index (χ2n) is 7.02. The number of carbonyl (C=O) groups is 1. The molecular formula is C20H20ClN3O2. The van der Waals surface area contributed by atoms with E-state index >= 15 is 0 Å². The molecule has 0 aliphatic carbocycles. The summed E-state index contributed by atoms with van der Waals surface area (Å²) in [5, 5.41) is 11.9. The molecule has 134 valence electrons. The van der Waals surface area contributed by atoms with E-state index < -0.39 is 11.5 Å². The second-order valence-corrected chi connectivity index (χ2v) is 7.46. The molecule has 0 unspecified atom stereocenters. The monoisotopic (exact) mass is 369 g/mol. The zero-order chi connectivity index (χ0) is 18.7. The Balaban J connectivity index is 1.95. The molecule has 6 heteroatoms. The van der Waals surface area contributed by atoms with Crippen LogP contribution in [0.15, 0.2) is 59.0 Å². The lowest BCUT2D eigenvalue weighted by molar-refractivity contribution is -0.129. The van der Waals surface area contributed by atoms with Gasteiger partial charge in [-0.2, -0.15) is 0 Å². The first-order valence-electron chi connectivity index (χ1n) is 8.30. The molecule has 1 amide bonds. The predicted molar refractivity (Wildman–Crippen MR) is 101 cm³/mol. The molecule has 0 radical (unpaired) electrons. The van der Waals surface area contributed by atoms with Crippen molar-refractivity contribution in [1.82, 2.24) is 15.5 Å². The normalized spacial score (nSPS) is 12.6. The molecule has 1 N–H and O–H groups in total. The number of halogens is 1. The third kappa shape index (κ3) is 4.11. The Labute approximate surface area is 157 Å². The molecular weight excluding hydrogens is 350 g/mol. The van der Waals surface area contributed by atoms with Crippen molar-refractivity contribution < 1.29 is 9.21 Å². The van der Waals surface area contributed by atoms with E-state index in [1.54, 1.807) is 12.1 Å². The summed E-state index contributed by atoms with van der Waals surface area (Å²) in [5.41, 5.74) is 1.10. The minimum absolute atomic E-state index is 0.0994. The first-order chi connectivity index (χ1) is 12.3. The zero-order valence-electron chi connectivity index (χ0n) is 14.9. The van der Waals surface area contributed by atoms with Crippen LogP contribution in [0.3, 0.4) is 0 Å². The summed E-state index contributed by atoms with van der Waals surface area (Å²) in [6.45, 7) is 5.58. The lowest BCUT2D eigenvalue weighted by atomic mass is 9.94. The number of aromatic nitrogens is 2. The average Bonchev–Trinajstić information content (AvgIpc) is 3.09. The van der Waals surface area contributed by atoms with Crippen LogP contribution in [0.5, 0.6) is 0 Å². The van der Waals surface area contributed by atoms with E-state index in [-0.39, 0.29) is 5.91 Å². The largest absolute Gasteiger partial charge is 0.418 e. The smallest absolute Gasteiger partial charge is 0.247 e. The van der Waals surface area contributed by atoms with Gasteiger partial charge in [0, 0.05) is 16.0 Å². The van der Waals surface area contributed by atoms with Gasteiger partial charge >= 0.3 is 0 Å². The van der Waals surface area contributed by atoms with E-state index in [1.165, 1.54) is 0 Å². The van der Waals surface area contributed by atoms with Crippen molar-refractivity contribution in [1.29, 1.82) is 0 Å². The highest BCUT2D eigenvalue weighted by atomic mass is 35.5. The first-order valence-corrected chi connectivity index (χ1v) is 8.67. The van der Waals surface area contributed by atoms with Gasteiger partial charge in [-0.05, 0) is 29.8 Å². The molecule has 0 aliphatic rings. The van der Waals surface area contributed by atoms with E-state index in [0.29, 0.717) is 16.8 Å². The lowest BCUT2D eigenvalue weighted by Crippen LogP contribution is -2.38. The molecule has 2 aromatic carbocycles. The van der Waals surface area contributed by atoms with Gasteiger partial charge in [-0.1, -0.05) is 62.7 Å². The van der Waals surface area contributed by atoms with E-state index in [2.05, 4.69) is 15.5 Å².